The minimum absolute atomic E-state index is 0.594. The van der Waals surface area contributed by atoms with Crippen LogP contribution >= 0.6 is 0 Å². The van der Waals surface area contributed by atoms with Gasteiger partial charge >= 0.3 is 9.28 Å². The van der Waals surface area contributed by atoms with Crippen molar-refractivity contribution in [3.8, 4) is 0 Å². The van der Waals surface area contributed by atoms with Crippen molar-refractivity contribution in [3.05, 3.63) is 0 Å². The predicted molar refractivity (Wildman–Crippen MR) is 72.5 cm³/mol. The Hall–Kier alpha value is 0.668. The van der Waals surface area contributed by atoms with Gasteiger partial charge < -0.3 is 21.2 Å². The first-order chi connectivity index (χ1) is 8.42. The third kappa shape index (κ3) is 3.81. The molecule has 3 rings (SSSR count). The molecule has 2 heterocycles. The molecular formula is C8H20O5Si4. The number of ether oxygens (including phenoxy) is 1. The molecule has 0 N–H and O–H groups in total. The van der Waals surface area contributed by atoms with E-state index in [0.29, 0.717) is 12.2 Å². The average Bonchev–Trinajstić information content (AvgIpc) is 3.05. The van der Waals surface area contributed by atoms with Crippen LogP contribution in [0.5, 0.6) is 0 Å². The van der Waals surface area contributed by atoms with Crippen LogP contribution in [0.25, 0.3) is 0 Å². The van der Waals surface area contributed by atoms with Gasteiger partial charge in [-0.1, -0.05) is 0 Å². The van der Waals surface area contributed by atoms with Crippen molar-refractivity contribution in [2.24, 2.45) is 5.92 Å². The Labute approximate surface area is 111 Å². The van der Waals surface area contributed by atoms with Gasteiger partial charge in [0.15, 0.2) is 0 Å². The SMILES string of the molecule is C1CC2OC2CC1CC[SiH]1O[SiH2]O[SiH2]O[SiH2]O1. The highest BCUT2D eigenvalue weighted by atomic mass is 28.4. The Bertz CT molecular complexity index is 250. The van der Waals surface area contributed by atoms with Gasteiger partial charge in [-0.25, -0.2) is 0 Å². The smallest absolute Gasteiger partial charge is 0.303 e. The average molecular weight is 309 g/mol. The van der Waals surface area contributed by atoms with Crippen LogP contribution in [0.3, 0.4) is 0 Å². The molecule has 1 aliphatic carbocycles. The molecule has 0 amide bonds. The second-order valence-corrected chi connectivity index (χ2v) is 13.1. The molecule has 17 heavy (non-hydrogen) atoms. The number of hydrogen-bond acceptors (Lipinski definition) is 5. The molecule has 3 aliphatic rings. The maximum atomic E-state index is 5.80. The zero-order chi connectivity index (χ0) is 11.5. The van der Waals surface area contributed by atoms with E-state index in [1.165, 1.54) is 25.7 Å². The first-order valence-electron chi connectivity index (χ1n) is 6.46. The van der Waals surface area contributed by atoms with Crippen molar-refractivity contribution in [3.63, 3.8) is 0 Å². The van der Waals surface area contributed by atoms with Crippen LogP contribution in [-0.2, 0) is 21.2 Å². The predicted octanol–water partition coefficient (Wildman–Crippen LogP) is -1.76. The largest absolute Gasteiger partial charge is 0.425 e. The Morgan fingerprint density at radius 1 is 1.00 bits per heavy atom. The Morgan fingerprint density at radius 3 is 2.59 bits per heavy atom. The summed E-state index contributed by atoms with van der Waals surface area (Å²) in [4.78, 5) is 0. The van der Waals surface area contributed by atoms with Crippen LogP contribution in [0.1, 0.15) is 25.7 Å². The lowest BCUT2D eigenvalue weighted by atomic mass is 9.88. The molecule has 2 saturated heterocycles. The van der Waals surface area contributed by atoms with Crippen molar-refractivity contribution < 1.29 is 21.2 Å². The monoisotopic (exact) mass is 308 g/mol. The van der Waals surface area contributed by atoms with E-state index in [9.17, 15) is 0 Å². The fraction of sp³-hybridized carbons (Fsp3) is 1.00. The number of rotatable bonds is 3. The summed E-state index contributed by atoms with van der Waals surface area (Å²) in [6.07, 6.45) is 6.33. The lowest BCUT2D eigenvalue weighted by Crippen LogP contribution is -2.33. The van der Waals surface area contributed by atoms with Gasteiger partial charge in [-0.3, -0.25) is 0 Å². The van der Waals surface area contributed by atoms with Crippen LogP contribution in [0.15, 0.2) is 0 Å². The third-order valence-corrected chi connectivity index (χ3v) is 11.3. The maximum Gasteiger partial charge on any atom is 0.303 e. The van der Waals surface area contributed by atoms with Gasteiger partial charge in [-0.15, -0.1) is 0 Å². The van der Waals surface area contributed by atoms with E-state index >= 15 is 0 Å². The summed E-state index contributed by atoms with van der Waals surface area (Å²) in [7, 11) is -3.70. The standard InChI is InChI=1S/C8H20O5Si4/c1-2-7-8(9-7)5-6(1)3-4-17-12-15-10-14-11-16-13-17/h6-8,17H,1-5,14-16H2. The van der Waals surface area contributed by atoms with Gasteiger partial charge in [0.05, 0.1) is 12.2 Å². The molecule has 0 aromatic rings. The summed E-state index contributed by atoms with van der Waals surface area (Å²) in [5.41, 5.74) is 0. The van der Waals surface area contributed by atoms with Crippen LogP contribution in [-0.4, -0.2) is 51.5 Å². The summed E-state index contributed by atoms with van der Waals surface area (Å²) in [5.74, 6) is 0.837. The highest BCUT2D eigenvalue weighted by Gasteiger charge is 2.43. The van der Waals surface area contributed by atoms with E-state index in [0.717, 1.165) is 12.0 Å². The summed E-state index contributed by atoms with van der Waals surface area (Å²) in [5, 5.41) is 0. The molecule has 98 valence electrons. The molecule has 2 aliphatic heterocycles. The van der Waals surface area contributed by atoms with Gasteiger partial charge in [-0.05, 0) is 37.6 Å². The topological polar surface area (TPSA) is 49.5 Å². The Morgan fingerprint density at radius 2 is 1.82 bits per heavy atom. The molecule has 1 saturated carbocycles. The number of epoxide rings is 1. The molecule has 9 heteroatoms. The zero-order valence-corrected chi connectivity index (χ0v) is 15.4. The lowest BCUT2D eigenvalue weighted by molar-refractivity contribution is 0.316. The fourth-order valence-electron chi connectivity index (χ4n) is 2.71. The fourth-order valence-corrected chi connectivity index (χ4v) is 11.8. The highest BCUT2D eigenvalue weighted by Crippen LogP contribution is 2.41. The highest BCUT2D eigenvalue weighted by molar-refractivity contribution is 6.59. The molecular weight excluding hydrogens is 288 g/mol. The molecule has 5 nitrogen and oxygen atoms in total. The van der Waals surface area contributed by atoms with Gasteiger partial charge in [0.2, 0.25) is 0 Å². The van der Waals surface area contributed by atoms with E-state index < -0.39 is 39.3 Å². The van der Waals surface area contributed by atoms with Gasteiger partial charge in [0.25, 0.3) is 30.0 Å². The Kier molecular flexibility index (Phi) is 4.64. The normalized spacial score (nSPS) is 46.6. The van der Waals surface area contributed by atoms with E-state index in [2.05, 4.69) is 0 Å². The molecule has 0 aromatic carbocycles. The molecule has 0 bridgehead atoms. The van der Waals surface area contributed by atoms with E-state index in [1.807, 2.05) is 0 Å². The van der Waals surface area contributed by atoms with Crippen LogP contribution in [0, 0.1) is 5.92 Å². The van der Waals surface area contributed by atoms with Gasteiger partial charge in [0, 0.05) is 0 Å². The number of fused-ring (bicyclic) bond motifs is 1. The van der Waals surface area contributed by atoms with E-state index in [1.54, 1.807) is 0 Å². The molecule has 3 fully saturated rings. The van der Waals surface area contributed by atoms with Crippen LogP contribution < -0.4 is 0 Å². The van der Waals surface area contributed by atoms with E-state index in [-0.39, 0.29) is 0 Å². The Balaban J connectivity index is 1.37. The molecule has 3 unspecified atom stereocenters. The molecule has 0 aromatic heterocycles. The van der Waals surface area contributed by atoms with Gasteiger partial charge in [0.1, 0.15) is 0 Å². The van der Waals surface area contributed by atoms with Crippen molar-refractivity contribution in [2.75, 3.05) is 0 Å². The maximum absolute atomic E-state index is 5.80. The van der Waals surface area contributed by atoms with Gasteiger partial charge in [-0.2, -0.15) is 0 Å². The van der Waals surface area contributed by atoms with Crippen LogP contribution in [0.4, 0.5) is 0 Å². The van der Waals surface area contributed by atoms with Crippen molar-refractivity contribution in [1.82, 2.24) is 0 Å². The molecule has 0 spiro atoms. The number of hydrogen-bond donors (Lipinski definition) is 0. The summed E-state index contributed by atoms with van der Waals surface area (Å²) in [6, 6.07) is 1.14. The summed E-state index contributed by atoms with van der Waals surface area (Å²) >= 11 is 0. The molecule has 0 radical (unpaired) electrons. The minimum Gasteiger partial charge on any atom is -0.425 e. The van der Waals surface area contributed by atoms with E-state index in [4.69, 9.17) is 21.2 Å². The van der Waals surface area contributed by atoms with Crippen LogP contribution in [0.2, 0.25) is 6.04 Å². The third-order valence-electron chi connectivity index (χ3n) is 3.76. The van der Waals surface area contributed by atoms with Crippen molar-refractivity contribution >= 4 is 39.3 Å². The first kappa shape index (κ1) is 12.7. The minimum atomic E-state index is -1.42. The summed E-state index contributed by atoms with van der Waals surface area (Å²) < 4.78 is 28.0. The first-order valence-corrected chi connectivity index (χ1v) is 11.7. The summed E-state index contributed by atoms with van der Waals surface area (Å²) in [6.45, 7) is 0. The van der Waals surface area contributed by atoms with Crippen molar-refractivity contribution in [2.45, 2.75) is 43.9 Å². The second kappa shape index (κ2) is 6.21. The second-order valence-electron chi connectivity index (χ2n) is 4.99. The lowest BCUT2D eigenvalue weighted by Gasteiger charge is -2.23. The quantitative estimate of drug-likeness (QED) is 0.457. The zero-order valence-electron chi connectivity index (χ0n) is 10.0. The van der Waals surface area contributed by atoms with Crippen molar-refractivity contribution in [1.29, 1.82) is 0 Å². The molecule has 3 atom stereocenters.